The first-order chi connectivity index (χ1) is 8.11. The number of pyridine rings is 1. The number of anilines is 1. The van der Waals surface area contributed by atoms with E-state index in [1.807, 2.05) is 44.1 Å². The Morgan fingerprint density at radius 2 is 2.06 bits per heavy atom. The summed E-state index contributed by atoms with van der Waals surface area (Å²) in [6.45, 7) is 1.89. The SMILES string of the molecule is Cc1cc(N=[N+]=[N-])c2ccc(N(C)C)cc2n1. The molecule has 0 atom stereocenters. The molecule has 0 spiro atoms. The van der Waals surface area contributed by atoms with Crippen LogP contribution in [0.15, 0.2) is 29.4 Å². The molecule has 86 valence electrons. The van der Waals surface area contributed by atoms with Crippen molar-refractivity contribution in [3.63, 3.8) is 0 Å². The van der Waals surface area contributed by atoms with Gasteiger partial charge in [-0.25, -0.2) is 0 Å². The molecule has 0 N–H and O–H groups in total. The number of hydrogen-bond donors (Lipinski definition) is 0. The summed E-state index contributed by atoms with van der Waals surface area (Å²) in [5, 5.41) is 4.57. The van der Waals surface area contributed by atoms with Crippen LogP contribution in [0.2, 0.25) is 0 Å². The number of azide groups is 1. The molecule has 0 radical (unpaired) electrons. The van der Waals surface area contributed by atoms with Crippen molar-refractivity contribution in [3.8, 4) is 0 Å². The Labute approximate surface area is 99.3 Å². The minimum absolute atomic E-state index is 0.625. The van der Waals surface area contributed by atoms with Crippen LogP contribution in [0.1, 0.15) is 5.69 Å². The van der Waals surface area contributed by atoms with E-state index in [-0.39, 0.29) is 0 Å². The van der Waals surface area contributed by atoms with Gasteiger partial charge in [0.15, 0.2) is 0 Å². The molecular weight excluding hydrogens is 214 g/mol. The molecule has 2 aromatic rings. The molecule has 0 fully saturated rings. The number of rotatable bonds is 2. The second-order valence-corrected chi connectivity index (χ2v) is 4.07. The fourth-order valence-corrected chi connectivity index (χ4v) is 1.74. The average Bonchev–Trinajstić information content (AvgIpc) is 2.28. The van der Waals surface area contributed by atoms with Crippen molar-refractivity contribution >= 4 is 22.3 Å². The zero-order chi connectivity index (χ0) is 12.4. The van der Waals surface area contributed by atoms with Crippen LogP contribution in [-0.4, -0.2) is 19.1 Å². The lowest BCUT2D eigenvalue weighted by Crippen LogP contribution is -2.08. The first-order valence-electron chi connectivity index (χ1n) is 5.25. The van der Waals surface area contributed by atoms with Gasteiger partial charge in [0.05, 0.1) is 5.52 Å². The molecular formula is C12H13N5. The zero-order valence-electron chi connectivity index (χ0n) is 10.0. The Morgan fingerprint density at radius 1 is 1.29 bits per heavy atom. The maximum absolute atomic E-state index is 8.54. The molecule has 0 bridgehead atoms. The van der Waals surface area contributed by atoms with E-state index >= 15 is 0 Å². The van der Waals surface area contributed by atoms with Crippen molar-refractivity contribution in [2.45, 2.75) is 6.92 Å². The predicted octanol–water partition coefficient (Wildman–Crippen LogP) is 3.55. The number of aromatic nitrogens is 1. The molecule has 5 heteroatoms. The molecule has 0 aliphatic rings. The highest BCUT2D eigenvalue weighted by Gasteiger charge is 2.04. The maximum Gasteiger partial charge on any atom is 0.0730 e. The summed E-state index contributed by atoms with van der Waals surface area (Å²) in [5.41, 5.74) is 11.9. The second-order valence-electron chi connectivity index (χ2n) is 4.07. The fourth-order valence-electron chi connectivity index (χ4n) is 1.74. The number of hydrogen-bond acceptors (Lipinski definition) is 3. The van der Waals surface area contributed by atoms with Gasteiger partial charge in [-0.1, -0.05) is 11.2 Å². The molecule has 0 aliphatic heterocycles. The lowest BCUT2D eigenvalue weighted by Gasteiger charge is -2.13. The highest BCUT2D eigenvalue weighted by Crippen LogP contribution is 2.28. The van der Waals surface area contributed by atoms with Gasteiger partial charge >= 0.3 is 0 Å². The summed E-state index contributed by atoms with van der Waals surface area (Å²) in [5.74, 6) is 0. The Bertz CT molecular complexity index is 612. The van der Waals surface area contributed by atoms with Gasteiger partial charge in [-0.05, 0) is 30.7 Å². The van der Waals surface area contributed by atoms with E-state index in [4.69, 9.17) is 5.53 Å². The largest absolute Gasteiger partial charge is 0.378 e. The Kier molecular flexibility index (Phi) is 2.85. The number of aryl methyl sites for hydroxylation is 1. The van der Waals surface area contributed by atoms with Gasteiger partial charge in [0.1, 0.15) is 0 Å². The smallest absolute Gasteiger partial charge is 0.0730 e. The van der Waals surface area contributed by atoms with E-state index < -0.39 is 0 Å². The summed E-state index contributed by atoms with van der Waals surface area (Å²) in [4.78, 5) is 9.30. The topological polar surface area (TPSA) is 64.9 Å². The van der Waals surface area contributed by atoms with Gasteiger partial charge in [-0.2, -0.15) is 0 Å². The van der Waals surface area contributed by atoms with E-state index in [1.165, 1.54) is 0 Å². The summed E-state index contributed by atoms with van der Waals surface area (Å²) < 4.78 is 0. The Balaban J connectivity index is 2.74. The van der Waals surface area contributed by atoms with Crippen LogP contribution >= 0.6 is 0 Å². The average molecular weight is 227 g/mol. The second kappa shape index (κ2) is 4.31. The molecule has 17 heavy (non-hydrogen) atoms. The highest BCUT2D eigenvalue weighted by atomic mass is 15.1. The zero-order valence-corrected chi connectivity index (χ0v) is 10.0. The molecule has 1 heterocycles. The number of benzene rings is 1. The van der Waals surface area contributed by atoms with E-state index in [1.54, 1.807) is 6.07 Å². The van der Waals surface area contributed by atoms with Crippen molar-refractivity contribution in [3.05, 3.63) is 40.4 Å². The maximum atomic E-state index is 8.54. The predicted molar refractivity (Wildman–Crippen MR) is 69.6 cm³/mol. The van der Waals surface area contributed by atoms with Crippen LogP contribution < -0.4 is 4.90 Å². The minimum atomic E-state index is 0.625. The van der Waals surface area contributed by atoms with Crippen LogP contribution in [0.3, 0.4) is 0 Å². The van der Waals surface area contributed by atoms with Crippen molar-refractivity contribution in [1.82, 2.24) is 4.98 Å². The van der Waals surface area contributed by atoms with Gasteiger partial charge in [0.2, 0.25) is 0 Å². The fraction of sp³-hybridized carbons (Fsp3) is 0.250. The first-order valence-corrected chi connectivity index (χ1v) is 5.25. The third-order valence-corrected chi connectivity index (χ3v) is 2.57. The Morgan fingerprint density at radius 3 is 2.71 bits per heavy atom. The van der Waals surface area contributed by atoms with E-state index in [2.05, 4.69) is 15.0 Å². The molecule has 5 nitrogen and oxygen atoms in total. The Hall–Kier alpha value is -2.26. The van der Waals surface area contributed by atoms with Gasteiger partial charge in [-0.15, -0.1) is 0 Å². The van der Waals surface area contributed by atoms with E-state index in [0.717, 1.165) is 22.3 Å². The molecule has 0 amide bonds. The van der Waals surface area contributed by atoms with Crippen LogP contribution in [0.4, 0.5) is 11.4 Å². The van der Waals surface area contributed by atoms with Crippen LogP contribution in [0.5, 0.6) is 0 Å². The van der Waals surface area contributed by atoms with Gasteiger partial charge in [0, 0.05) is 41.5 Å². The lowest BCUT2D eigenvalue weighted by atomic mass is 10.1. The third kappa shape index (κ3) is 2.14. The quantitative estimate of drug-likeness (QED) is 0.447. The summed E-state index contributed by atoms with van der Waals surface area (Å²) >= 11 is 0. The van der Waals surface area contributed by atoms with Crippen molar-refractivity contribution in [2.75, 3.05) is 19.0 Å². The third-order valence-electron chi connectivity index (χ3n) is 2.57. The van der Waals surface area contributed by atoms with E-state index in [0.29, 0.717) is 5.69 Å². The lowest BCUT2D eigenvalue weighted by molar-refractivity contribution is 1.13. The summed E-state index contributed by atoms with van der Waals surface area (Å²) in [7, 11) is 3.95. The van der Waals surface area contributed by atoms with Gasteiger partial charge < -0.3 is 4.90 Å². The standard InChI is InChI=1S/C12H13N5/c1-8-6-12(15-16-13)10-5-4-9(17(2)3)7-11(10)14-8/h4-7H,1-3H3. The van der Waals surface area contributed by atoms with Crippen LogP contribution in [0, 0.1) is 6.92 Å². The molecule has 1 aromatic heterocycles. The number of nitrogens with zero attached hydrogens (tertiary/aromatic N) is 5. The molecule has 0 saturated carbocycles. The normalized spacial score (nSPS) is 10.1. The van der Waals surface area contributed by atoms with Gasteiger partial charge in [-0.3, -0.25) is 4.98 Å². The van der Waals surface area contributed by atoms with Crippen molar-refractivity contribution in [1.29, 1.82) is 0 Å². The summed E-state index contributed by atoms with van der Waals surface area (Å²) in [6, 6.07) is 7.69. The van der Waals surface area contributed by atoms with E-state index in [9.17, 15) is 0 Å². The first kappa shape index (κ1) is 11.2. The monoisotopic (exact) mass is 227 g/mol. The highest BCUT2D eigenvalue weighted by molar-refractivity contribution is 5.92. The molecule has 2 rings (SSSR count). The van der Waals surface area contributed by atoms with Crippen molar-refractivity contribution < 1.29 is 0 Å². The van der Waals surface area contributed by atoms with Crippen LogP contribution in [0.25, 0.3) is 21.3 Å². The molecule has 0 saturated heterocycles. The minimum Gasteiger partial charge on any atom is -0.378 e. The van der Waals surface area contributed by atoms with Crippen LogP contribution in [-0.2, 0) is 0 Å². The molecule has 0 unspecified atom stereocenters. The number of fused-ring (bicyclic) bond motifs is 1. The summed E-state index contributed by atoms with van der Waals surface area (Å²) in [6.07, 6.45) is 0. The molecule has 0 aliphatic carbocycles. The van der Waals surface area contributed by atoms with Gasteiger partial charge in [0.25, 0.3) is 0 Å². The molecule has 1 aromatic carbocycles. The van der Waals surface area contributed by atoms with Crippen molar-refractivity contribution in [2.24, 2.45) is 5.11 Å².